The Bertz CT molecular complexity index is 695. The van der Waals surface area contributed by atoms with Gasteiger partial charge in [-0.1, -0.05) is 23.2 Å². The Hall–Kier alpha value is -1.98. The third kappa shape index (κ3) is 2.95. The van der Waals surface area contributed by atoms with Gasteiger partial charge in [-0.3, -0.25) is 4.79 Å². The van der Waals surface area contributed by atoms with E-state index in [4.69, 9.17) is 28.3 Å². The smallest absolute Gasteiger partial charge is 0.354 e. The zero-order valence-electron chi connectivity index (χ0n) is 10.3. The number of carboxylic acids is 1. The zero-order chi connectivity index (χ0) is 14.9. The van der Waals surface area contributed by atoms with Crippen LogP contribution < -0.4 is 5.32 Å². The van der Waals surface area contributed by atoms with Crippen LogP contribution in [0.25, 0.3) is 0 Å². The summed E-state index contributed by atoms with van der Waals surface area (Å²) in [5.41, 5.74) is 1.04. The van der Waals surface area contributed by atoms with Crippen LogP contribution in [0.3, 0.4) is 0 Å². The number of carbonyl (C=O) groups excluding carboxylic acids is 1. The van der Waals surface area contributed by atoms with Crippen molar-refractivity contribution in [1.82, 2.24) is 4.98 Å². The first-order valence-corrected chi connectivity index (χ1v) is 6.33. The lowest BCUT2D eigenvalue weighted by Crippen LogP contribution is -2.14. The van der Waals surface area contributed by atoms with Crippen molar-refractivity contribution < 1.29 is 14.7 Å². The molecular formula is C13H10Cl2N2O3. The molecule has 104 valence electrons. The summed E-state index contributed by atoms with van der Waals surface area (Å²) in [4.78, 5) is 25.7. The van der Waals surface area contributed by atoms with E-state index < -0.39 is 11.9 Å². The molecule has 0 atom stereocenters. The first kappa shape index (κ1) is 14.4. The van der Waals surface area contributed by atoms with Gasteiger partial charge in [0.05, 0.1) is 15.7 Å². The van der Waals surface area contributed by atoms with Crippen molar-refractivity contribution in [3.63, 3.8) is 0 Å². The number of amides is 1. The number of aryl methyl sites for hydroxylation is 1. The average molecular weight is 313 g/mol. The summed E-state index contributed by atoms with van der Waals surface area (Å²) in [6.45, 7) is 1.70. The Labute approximate surface area is 124 Å². The molecule has 5 nitrogen and oxygen atoms in total. The molecule has 0 bridgehead atoms. The molecule has 0 unspecified atom stereocenters. The molecule has 1 amide bonds. The number of H-pyrrole nitrogens is 1. The number of carbonyl (C=O) groups is 2. The van der Waals surface area contributed by atoms with Crippen LogP contribution in [0.15, 0.2) is 24.3 Å². The minimum Gasteiger partial charge on any atom is -0.477 e. The van der Waals surface area contributed by atoms with Crippen molar-refractivity contribution in [3.8, 4) is 0 Å². The zero-order valence-corrected chi connectivity index (χ0v) is 11.8. The van der Waals surface area contributed by atoms with Crippen LogP contribution in [0.4, 0.5) is 5.69 Å². The molecule has 1 aromatic heterocycles. The Morgan fingerprint density at radius 3 is 2.50 bits per heavy atom. The van der Waals surface area contributed by atoms with Crippen LogP contribution >= 0.6 is 23.2 Å². The van der Waals surface area contributed by atoms with E-state index >= 15 is 0 Å². The van der Waals surface area contributed by atoms with Crippen LogP contribution in [0, 0.1) is 6.92 Å². The molecular weight excluding hydrogens is 303 g/mol. The molecule has 1 heterocycles. The predicted molar refractivity (Wildman–Crippen MR) is 76.9 cm³/mol. The van der Waals surface area contributed by atoms with Gasteiger partial charge >= 0.3 is 5.97 Å². The molecule has 7 heteroatoms. The van der Waals surface area contributed by atoms with Crippen molar-refractivity contribution in [1.29, 1.82) is 0 Å². The van der Waals surface area contributed by atoms with Gasteiger partial charge < -0.3 is 15.4 Å². The van der Waals surface area contributed by atoms with Crippen LogP contribution in [-0.4, -0.2) is 22.0 Å². The number of carboxylic acid groups (broad SMARTS) is 1. The fourth-order valence-electron chi connectivity index (χ4n) is 1.69. The SMILES string of the molecule is Cc1cc(NC(=O)c2ccc(Cl)c(Cl)c2)c(C(=O)O)[nH]1. The van der Waals surface area contributed by atoms with E-state index in [1.54, 1.807) is 13.0 Å². The van der Waals surface area contributed by atoms with E-state index in [9.17, 15) is 9.59 Å². The van der Waals surface area contributed by atoms with Crippen LogP contribution in [0.1, 0.15) is 26.5 Å². The minimum absolute atomic E-state index is 0.0732. The number of hydrogen-bond donors (Lipinski definition) is 3. The lowest BCUT2D eigenvalue weighted by molar-refractivity contribution is 0.0692. The maximum absolute atomic E-state index is 12.0. The van der Waals surface area contributed by atoms with Crippen molar-refractivity contribution in [2.75, 3.05) is 5.32 Å². The van der Waals surface area contributed by atoms with Gasteiger partial charge in [0.25, 0.3) is 5.91 Å². The van der Waals surface area contributed by atoms with Crippen molar-refractivity contribution in [3.05, 3.63) is 51.3 Å². The van der Waals surface area contributed by atoms with Gasteiger partial charge in [0, 0.05) is 11.3 Å². The minimum atomic E-state index is -1.15. The van der Waals surface area contributed by atoms with Gasteiger partial charge in [-0.15, -0.1) is 0 Å². The van der Waals surface area contributed by atoms with Crippen LogP contribution in [0.2, 0.25) is 10.0 Å². The summed E-state index contributed by atoms with van der Waals surface area (Å²) in [6.07, 6.45) is 0. The average Bonchev–Trinajstić information content (AvgIpc) is 2.73. The second kappa shape index (κ2) is 5.56. The van der Waals surface area contributed by atoms with Crippen LogP contribution in [-0.2, 0) is 0 Å². The fraction of sp³-hybridized carbons (Fsp3) is 0.0769. The lowest BCUT2D eigenvalue weighted by Gasteiger charge is -2.05. The number of anilines is 1. The normalized spacial score (nSPS) is 10.3. The molecule has 0 fully saturated rings. The molecule has 0 spiro atoms. The number of hydrogen-bond acceptors (Lipinski definition) is 2. The number of rotatable bonds is 3. The molecule has 0 aliphatic carbocycles. The van der Waals surface area contributed by atoms with Crippen molar-refractivity contribution in [2.45, 2.75) is 6.92 Å². The summed E-state index contributed by atoms with van der Waals surface area (Å²) >= 11 is 11.6. The van der Waals surface area contributed by atoms with Gasteiger partial charge in [-0.05, 0) is 31.2 Å². The number of halogens is 2. The second-order valence-electron chi connectivity index (χ2n) is 4.13. The largest absolute Gasteiger partial charge is 0.477 e. The first-order valence-electron chi connectivity index (χ1n) is 5.58. The summed E-state index contributed by atoms with van der Waals surface area (Å²) in [5.74, 6) is -1.62. The van der Waals surface area contributed by atoms with E-state index in [0.717, 1.165) is 0 Å². The number of aromatic amines is 1. The third-order valence-electron chi connectivity index (χ3n) is 2.60. The molecule has 0 aliphatic rings. The highest BCUT2D eigenvalue weighted by atomic mass is 35.5. The van der Waals surface area contributed by atoms with Gasteiger partial charge in [0.1, 0.15) is 5.69 Å². The molecule has 0 aliphatic heterocycles. The predicted octanol–water partition coefficient (Wildman–Crippen LogP) is 3.58. The second-order valence-corrected chi connectivity index (χ2v) is 4.94. The standard InChI is InChI=1S/C13H10Cl2N2O3/c1-6-4-10(11(16-6)13(19)20)17-12(18)7-2-3-8(14)9(15)5-7/h2-5,16H,1H3,(H,17,18)(H,19,20). The molecule has 0 saturated carbocycles. The Morgan fingerprint density at radius 1 is 1.20 bits per heavy atom. The number of aromatic nitrogens is 1. The highest BCUT2D eigenvalue weighted by Crippen LogP contribution is 2.24. The number of nitrogens with one attached hydrogen (secondary N) is 2. The van der Waals surface area contributed by atoms with Gasteiger partial charge in [0.15, 0.2) is 0 Å². The number of benzene rings is 1. The lowest BCUT2D eigenvalue weighted by atomic mass is 10.2. The highest BCUT2D eigenvalue weighted by Gasteiger charge is 2.16. The quantitative estimate of drug-likeness (QED) is 0.810. The Morgan fingerprint density at radius 2 is 1.90 bits per heavy atom. The van der Waals surface area contributed by atoms with E-state index in [1.807, 2.05) is 0 Å². The van der Waals surface area contributed by atoms with E-state index in [1.165, 1.54) is 18.2 Å². The summed E-state index contributed by atoms with van der Waals surface area (Å²) < 4.78 is 0. The van der Waals surface area contributed by atoms with Gasteiger partial charge in [0.2, 0.25) is 0 Å². The molecule has 0 saturated heterocycles. The molecule has 3 N–H and O–H groups in total. The first-order chi connectivity index (χ1) is 9.38. The molecule has 1 aromatic carbocycles. The van der Waals surface area contributed by atoms with Crippen molar-refractivity contribution in [2.24, 2.45) is 0 Å². The summed E-state index contributed by atoms with van der Waals surface area (Å²) in [6, 6.07) is 5.96. The monoisotopic (exact) mass is 312 g/mol. The maximum atomic E-state index is 12.0. The van der Waals surface area contributed by atoms with Gasteiger partial charge in [-0.25, -0.2) is 4.79 Å². The van der Waals surface area contributed by atoms with Crippen LogP contribution in [0.5, 0.6) is 0 Å². The van der Waals surface area contributed by atoms with E-state index in [0.29, 0.717) is 10.7 Å². The number of aromatic carboxylic acids is 1. The third-order valence-corrected chi connectivity index (χ3v) is 3.34. The highest BCUT2D eigenvalue weighted by molar-refractivity contribution is 6.42. The molecule has 2 rings (SSSR count). The van der Waals surface area contributed by atoms with Crippen molar-refractivity contribution >= 4 is 40.8 Å². The van der Waals surface area contributed by atoms with Gasteiger partial charge in [-0.2, -0.15) is 0 Å². The molecule has 2 aromatic rings. The summed E-state index contributed by atoms with van der Waals surface area (Å²) in [7, 11) is 0. The molecule has 0 radical (unpaired) electrons. The Kier molecular flexibility index (Phi) is 4.01. The maximum Gasteiger partial charge on any atom is 0.354 e. The molecule has 20 heavy (non-hydrogen) atoms. The fourth-order valence-corrected chi connectivity index (χ4v) is 1.99. The summed E-state index contributed by atoms with van der Waals surface area (Å²) in [5, 5.41) is 12.1. The Balaban J connectivity index is 2.27. The van der Waals surface area contributed by atoms with E-state index in [2.05, 4.69) is 10.3 Å². The topological polar surface area (TPSA) is 82.2 Å². The van der Waals surface area contributed by atoms with E-state index in [-0.39, 0.29) is 22.0 Å².